The van der Waals surface area contributed by atoms with Crippen LogP contribution in [0.3, 0.4) is 0 Å². The third kappa shape index (κ3) is 5.34. The van der Waals surface area contributed by atoms with Gasteiger partial charge in [-0.1, -0.05) is 48.6 Å². The molecule has 0 aliphatic heterocycles. The van der Waals surface area contributed by atoms with Crippen molar-refractivity contribution >= 4 is 12.2 Å². The number of hydrogen-bond donors (Lipinski definition) is 1. The van der Waals surface area contributed by atoms with E-state index in [2.05, 4.69) is 16.6 Å². The first-order valence-corrected chi connectivity index (χ1v) is 5.93. The first-order chi connectivity index (χ1) is 8.76. The fourth-order valence-corrected chi connectivity index (χ4v) is 1.57. The molecule has 0 fully saturated rings. The normalized spacial score (nSPS) is 12.1. The van der Waals surface area contributed by atoms with Crippen LogP contribution in [0.2, 0.25) is 0 Å². The highest BCUT2D eigenvalue weighted by molar-refractivity contribution is 5.67. The van der Waals surface area contributed by atoms with Gasteiger partial charge in [-0.2, -0.15) is 0 Å². The predicted octanol–water partition coefficient (Wildman–Crippen LogP) is 3.39. The van der Waals surface area contributed by atoms with Gasteiger partial charge in [-0.05, 0) is 18.4 Å². The summed E-state index contributed by atoms with van der Waals surface area (Å²) >= 11 is 0. The van der Waals surface area contributed by atoms with Crippen LogP contribution in [0.15, 0.2) is 49.1 Å². The predicted molar refractivity (Wildman–Crippen MR) is 74.2 cm³/mol. The van der Waals surface area contributed by atoms with E-state index in [9.17, 15) is 4.79 Å². The van der Waals surface area contributed by atoms with Crippen molar-refractivity contribution in [3.05, 3.63) is 54.6 Å². The van der Waals surface area contributed by atoms with Gasteiger partial charge in [0.05, 0.1) is 7.11 Å². The summed E-state index contributed by atoms with van der Waals surface area (Å²) in [4.78, 5) is 11.1. The fourth-order valence-electron chi connectivity index (χ4n) is 1.57. The number of amides is 1. The molecule has 1 aromatic carbocycles. The quantitative estimate of drug-likeness (QED) is 0.780. The number of carbonyl (C=O) groups excluding carboxylic acids is 1. The van der Waals surface area contributed by atoms with Gasteiger partial charge in [0, 0.05) is 6.04 Å². The van der Waals surface area contributed by atoms with E-state index in [1.54, 1.807) is 6.08 Å². The van der Waals surface area contributed by atoms with Gasteiger partial charge in [-0.3, -0.25) is 0 Å². The van der Waals surface area contributed by atoms with E-state index in [4.69, 9.17) is 0 Å². The second-order valence-corrected chi connectivity index (χ2v) is 3.91. The van der Waals surface area contributed by atoms with Gasteiger partial charge in [0.1, 0.15) is 0 Å². The molecule has 0 radical (unpaired) electrons. The van der Waals surface area contributed by atoms with Crippen LogP contribution in [0.5, 0.6) is 0 Å². The molecule has 1 rings (SSSR count). The molecule has 1 N–H and O–H groups in total. The van der Waals surface area contributed by atoms with E-state index in [0.717, 1.165) is 12.0 Å². The van der Waals surface area contributed by atoms with Crippen molar-refractivity contribution in [2.24, 2.45) is 0 Å². The molecule has 0 aromatic heterocycles. The average Bonchev–Trinajstić information content (AvgIpc) is 2.40. The van der Waals surface area contributed by atoms with Gasteiger partial charge in [-0.25, -0.2) is 4.79 Å². The molecule has 0 spiro atoms. The number of benzene rings is 1. The lowest BCUT2D eigenvalue weighted by Gasteiger charge is -2.13. The molecule has 3 nitrogen and oxygen atoms in total. The minimum Gasteiger partial charge on any atom is -0.453 e. The number of hydrogen-bond acceptors (Lipinski definition) is 2. The van der Waals surface area contributed by atoms with Gasteiger partial charge in [0.25, 0.3) is 0 Å². The standard InChI is InChI=1S/C15H19NO2/c1-3-8-14(16-15(17)18-2)12-7-11-13-9-5-4-6-10-13/h3-7,9-11,14H,1,8,12H2,2H3,(H,16,17)/b11-7+/t14-/m0/s1. The lowest BCUT2D eigenvalue weighted by atomic mass is 10.1. The summed E-state index contributed by atoms with van der Waals surface area (Å²) in [5, 5.41) is 2.77. The molecule has 0 aliphatic rings. The summed E-state index contributed by atoms with van der Waals surface area (Å²) in [6.07, 6.45) is 6.92. The number of alkyl carbamates (subject to hydrolysis) is 1. The molecule has 0 aliphatic carbocycles. The lowest BCUT2D eigenvalue weighted by Crippen LogP contribution is -2.33. The van der Waals surface area contributed by atoms with Gasteiger partial charge in [-0.15, -0.1) is 6.58 Å². The molecule has 0 unspecified atom stereocenters. The van der Waals surface area contributed by atoms with Gasteiger partial charge in [0.2, 0.25) is 0 Å². The first-order valence-electron chi connectivity index (χ1n) is 5.93. The van der Waals surface area contributed by atoms with E-state index in [1.807, 2.05) is 42.5 Å². The Morgan fingerprint density at radius 2 is 2.11 bits per heavy atom. The van der Waals surface area contributed by atoms with E-state index in [-0.39, 0.29) is 6.04 Å². The minimum atomic E-state index is -0.407. The van der Waals surface area contributed by atoms with Crippen LogP contribution in [0.4, 0.5) is 4.79 Å². The van der Waals surface area contributed by atoms with E-state index >= 15 is 0 Å². The lowest BCUT2D eigenvalue weighted by molar-refractivity contribution is 0.166. The summed E-state index contributed by atoms with van der Waals surface area (Å²) in [6, 6.07) is 10.1. The number of nitrogens with one attached hydrogen (secondary N) is 1. The zero-order valence-corrected chi connectivity index (χ0v) is 10.6. The average molecular weight is 245 g/mol. The van der Waals surface area contributed by atoms with Crippen molar-refractivity contribution < 1.29 is 9.53 Å². The van der Waals surface area contributed by atoms with E-state index < -0.39 is 6.09 Å². The summed E-state index contributed by atoms with van der Waals surface area (Å²) in [6.45, 7) is 3.68. The molecular formula is C15H19NO2. The van der Waals surface area contributed by atoms with Crippen molar-refractivity contribution in [3.8, 4) is 0 Å². The van der Waals surface area contributed by atoms with Gasteiger partial charge < -0.3 is 10.1 Å². The molecule has 0 saturated carbocycles. The van der Waals surface area contributed by atoms with Crippen LogP contribution in [0, 0.1) is 0 Å². The molecule has 18 heavy (non-hydrogen) atoms. The van der Waals surface area contributed by atoms with Crippen LogP contribution in [0.1, 0.15) is 18.4 Å². The summed E-state index contributed by atoms with van der Waals surface area (Å²) < 4.78 is 4.58. The van der Waals surface area contributed by atoms with Crippen molar-refractivity contribution in [2.75, 3.05) is 7.11 Å². The highest BCUT2D eigenvalue weighted by Crippen LogP contribution is 2.05. The fraction of sp³-hybridized carbons (Fsp3) is 0.267. The zero-order chi connectivity index (χ0) is 13.2. The molecule has 1 atom stereocenters. The third-order valence-corrected chi connectivity index (χ3v) is 2.49. The topological polar surface area (TPSA) is 38.3 Å². The van der Waals surface area contributed by atoms with Crippen molar-refractivity contribution in [2.45, 2.75) is 18.9 Å². The Kier molecular flexibility index (Phi) is 6.33. The second kappa shape index (κ2) is 8.12. The van der Waals surface area contributed by atoms with Gasteiger partial charge >= 0.3 is 6.09 Å². The van der Waals surface area contributed by atoms with Crippen LogP contribution >= 0.6 is 0 Å². The van der Waals surface area contributed by atoms with Crippen LogP contribution in [0.25, 0.3) is 6.08 Å². The number of rotatable bonds is 6. The summed E-state index contributed by atoms with van der Waals surface area (Å²) in [5.41, 5.74) is 1.15. The number of carbonyl (C=O) groups is 1. The van der Waals surface area contributed by atoms with E-state index in [1.165, 1.54) is 7.11 Å². The highest BCUT2D eigenvalue weighted by Gasteiger charge is 2.08. The van der Waals surface area contributed by atoms with E-state index in [0.29, 0.717) is 6.42 Å². The SMILES string of the molecule is C=CC[C@@H](C/C=C/c1ccccc1)NC(=O)OC. The van der Waals surface area contributed by atoms with Gasteiger partial charge in [0.15, 0.2) is 0 Å². The Labute approximate surface area is 108 Å². The maximum absolute atomic E-state index is 11.1. The number of methoxy groups -OCH3 is 1. The zero-order valence-electron chi connectivity index (χ0n) is 10.6. The smallest absolute Gasteiger partial charge is 0.407 e. The van der Waals surface area contributed by atoms with Crippen LogP contribution < -0.4 is 5.32 Å². The maximum Gasteiger partial charge on any atom is 0.407 e. The Bertz CT molecular complexity index is 398. The Balaban J connectivity index is 2.48. The Morgan fingerprint density at radius 3 is 2.72 bits per heavy atom. The third-order valence-electron chi connectivity index (χ3n) is 2.49. The summed E-state index contributed by atoms with van der Waals surface area (Å²) in [5.74, 6) is 0. The van der Waals surface area contributed by atoms with Crippen molar-refractivity contribution in [1.29, 1.82) is 0 Å². The molecule has 0 saturated heterocycles. The molecule has 0 heterocycles. The minimum absolute atomic E-state index is 0.0231. The van der Waals surface area contributed by atoms with Crippen molar-refractivity contribution in [3.63, 3.8) is 0 Å². The maximum atomic E-state index is 11.1. The van der Waals surface area contributed by atoms with Crippen molar-refractivity contribution in [1.82, 2.24) is 5.32 Å². The monoisotopic (exact) mass is 245 g/mol. The Morgan fingerprint density at radius 1 is 1.39 bits per heavy atom. The molecule has 1 aromatic rings. The molecule has 96 valence electrons. The highest BCUT2D eigenvalue weighted by atomic mass is 16.5. The molecule has 1 amide bonds. The largest absolute Gasteiger partial charge is 0.453 e. The Hall–Kier alpha value is -2.03. The first kappa shape index (κ1) is 14.0. The van der Waals surface area contributed by atoms with Crippen LogP contribution in [-0.4, -0.2) is 19.2 Å². The molecular weight excluding hydrogens is 226 g/mol. The molecule has 0 bridgehead atoms. The molecule has 3 heteroatoms. The second-order valence-electron chi connectivity index (χ2n) is 3.91. The van der Waals surface area contributed by atoms with Crippen LogP contribution in [-0.2, 0) is 4.74 Å². The summed E-state index contributed by atoms with van der Waals surface area (Å²) in [7, 11) is 1.36. The number of ether oxygens (including phenoxy) is 1.